The lowest BCUT2D eigenvalue weighted by molar-refractivity contribution is 1.28. The summed E-state index contributed by atoms with van der Waals surface area (Å²) in [5.41, 5.74) is 1.22. The summed E-state index contributed by atoms with van der Waals surface area (Å²) in [6, 6.07) is 5.23. The van der Waals surface area contributed by atoms with E-state index in [0.29, 0.717) is 11.0 Å². The lowest BCUT2D eigenvalue weighted by Gasteiger charge is -2.00. The number of pyridine rings is 3. The number of hydrogen-bond donors (Lipinski definition) is 1. The molecule has 0 radical (unpaired) electrons. The first-order valence-corrected chi connectivity index (χ1v) is 4.57. The highest BCUT2D eigenvalue weighted by Crippen LogP contribution is 2.15. The first-order chi connectivity index (χ1) is 7.36. The summed E-state index contributed by atoms with van der Waals surface area (Å²) in [5.74, 6) is 0. The minimum atomic E-state index is -0.0550. The number of fused-ring (bicyclic) bond motifs is 3. The molecule has 3 heterocycles. The lowest BCUT2D eigenvalue weighted by atomic mass is 10.2. The maximum atomic E-state index is 11.7. The number of H-pyrrole nitrogens is 1. The van der Waals surface area contributed by atoms with Crippen LogP contribution in [0.3, 0.4) is 0 Å². The highest BCUT2D eigenvalue weighted by atomic mass is 16.1. The van der Waals surface area contributed by atoms with Gasteiger partial charge in [-0.3, -0.25) is 4.79 Å². The zero-order valence-electron chi connectivity index (χ0n) is 7.77. The van der Waals surface area contributed by atoms with E-state index in [1.54, 1.807) is 12.4 Å². The molecule has 0 atom stereocenters. The predicted octanol–water partition coefficient (Wildman–Crippen LogP) is 1.47. The molecule has 3 aromatic rings. The SMILES string of the molecule is O=c1ccnc2ncc3ccc[nH]c3c12. The third-order valence-corrected chi connectivity index (χ3v) is 2.36. The van der Waals surface area contributed by atoms with Gasteiger partial charge in [0, 0.05) is 30.0 Å². The van der Waals surface area contributed by atoms with Crippen LogP contribution in [0.5, 0.6) is 0 Å². The van der Waals surface area contributed by atoms with E-state index in [2.05, 4.69) is 15.0 Å². The molecule has 0 saturated carbocycles. The molecule has 0 unspecified atom stereocenters. The van der Waals surface area contributed by atoms with E-state index in [1.807, 2.05) is 12.1 Å². The third-order valence-electron chi connectivity index (χ3n) is 2.36. The Hall–Kier alpha value is -2.23. The third kappa shape index (κ3) is 1.11. The van der Waals surface area contributed by atoms with E-state index in [9.17, 15) is 4.79 Å². The van der Waals surface area contributed by atoms with Crippen LogP contribution in [0, 0.1) is 0 Å². The molecule has 3 aromatic heterocycles. The molecular weight excluding hydrogens is 190 g/mol. The Morgan fingerprint density at radius 1 is 1.20 bits per heavy atom. The Morgan fingerprint density at radius 2 is 2.13 bits per heavy atom. The maximum absolute atomic E-state index is 11.7. The Morgan fingerprint density at radius 3 is 3.07 bits per heavy atom. The van der Waals surface area contributed by atoms with Crippen LogP contribution in [0.25, 0.3) is 21.9 Å². The minimum absolute atomic E-state index is 0.0550. The zero-order chi connectivity index (χ0) is 10.3. The number of nitrogens with one attached hydrogen (secondary N) is 1. The van der Waals surface area contributed by atoms with E-state index in [-0.39, 0.29) is 5.43 Å². The van der Waals surface area contributed by atoms with Gasteiger partial charge in [-0.2, -0.15) is 0 Å². The van der Waals surface area contributed by atoms with Gasteiger partial charge in [-0.25, -0.2) is 9.97 Å². The van der Waals surface area contributed by atoms with Crippen LogP contribution in [0.4, 0.5) is 0 Å². The van der Waals surface area contributed by atoms with E-state index >= 15 is 0 Å². The van der Waals surface area contributed by atoms with Crippen LogP contribution in [-0.2, 0) is 0 Å². The summed E-state index contributed by atoms with van der Waals surface area (Å²) in [6.45, 7) is 0. The molecule has 0 amide bonds. The molecule has 0 bridgehead atoms. The van der Waals surface area contributed by atoms with E-state index < -0.39 is 0 Å². The lowest BCUT2D eigenvalue weighted by Crippen LogP contribution is -2.02. The van der Waals surface area contributed by atoms with E-state index in [4.69, 9.17) is 0 Å². The molecule has 72 valence electrons. The molecule has 0 spiro atoms. The summed E-state index contributed by atoms with van der Waals surface area (Å²) >= 11 is 0. The summed E-state index contributed by atoms with van der Waals surface area (Å²) in [5, 5.41) is 1.46. The van der Waals surface area contributed by atoms with Crippen molar-refractivity contribution < 1.29 is 0 Å². The van der Waals surface area contributed by atoms with E-state index in [1.165, 1.54) is 12.3 Å². The van der Waals surface area contributed by atoms with Crippen molar-refractivity contribution in [2.75, 3.05) is 0 Å². The number of hydrogen-bond acceptors (Lipinski definition) is 3. The quantitative estimate of drug-likeness (QED) is 0.555. The molecule has 4 heteroatoms. The van der Waals surface area contributed by atoms with Crippen molar-refractivity contribution in [1.82, 2.24) is 15.0 Å². The molecule has 0 saturated heterocycles. The molecule has 0 aliphatic heterocycles. The first kappa shape index (κ1) is 8.11. The molecule has 4 nitrogen and oxygen atoms in total. The Bertz CT molecular complexity index is 703. The van der Waals surface area contributed by atoms with Crippen molar-refractivity contribution in [3.63, 3.8) is 0 Å². The van der Waals surface area contributed by atoms with Crippen molar-refractivity contribution in [3.8, 4) is 0 Å². The smallest absolute Gasteiger partial charge is 0.193 e. The Balaban J connectivity index is 2.70. The van der Waals surface area contributed by atoms with Gasteiger partial charge >= 0.3 is 0 Å². The molecule has 0 aromatic carbocycles. The Kier molecular flexibility index (Phi) is 1.56. The summed E-state index contributed by atoms with van der Waals surface area (Å²) in [4.78, 5) is 22.9. The van der Waals surface area contributed by atoms with Gasteiger partial charge in [-0.05, 0) is 12.1 Å². The fraction of sp³-hybridized carbons (Fsp3) is 0. The second-order valence-electron chi connectivity index (χ2n) is 3.27. The van der Waals surface area contributed by atoms with Crippen LogP contribution < -0.4 is 5.43 Å². The van der Waals surface area contributed by atoms with Crippen molar-refractivity contribution in [2.45, 2.75) is 0 Å². The van der Waals surface area contributed by atoms with Crippen LogP contribution >= 0.6 is 0 Å². The van der Waals surface area contributed by atoms with E-state index in [0.717, 1.165) is 10.9 Å². The highest BCUT2D eigenvalue weighted by Gasteiger charge is 2.04. The number of nitrogens with zero attached hydrogens (tertiary/aromatic N) is 2. The van der Waals surface area contributed by atoms with Gasteiger partial charge in [0.25, 0.3) is 0 Å². The minimum Gasteiger partial charge on any atom is -0.360 e. The molecular formula is C11H7N3O. The van der Waals surface area contributed by atoms with Crippen molar-refractivity contribution >= 4 is 21.9 Å². The number of rotatable bonds is 0. The summed E-state index contributed by atoms with van der Waals surface area (Å²) < 4.78 is 0. The zero-order valence-corrected chi connectivity index (χ0v) is 7.77. The van der Waals surface area contributed by atoms with Crippen molar-refractivity contribution in [1.29, 1.82) is 0 Å². The van der Waals surface area contributed by atoms with Gasteiger partial charge in [0.15, 0.2) is 11.1 Å². The largest absolute Gasteiger partial charge is 0.360 e. The molecule has 0 aliphatic carbocycles. The van der Waals surface area contributed by atoms with Crippen LogP contribution in [0.2, 0.25) is 0 Å². The molecule has 0 fully saturated rings. The molecule has 15 heavy (non-hydrogen) atoms. The first-order valence-electron chi connectivity index (χ1n) is 4.57. The van der Waals surface area contributed by atoms with Crippen LogP contribution in [0.1, 0.15) is 0 Å². The van der Waals surface area contributed by atoms with Gasteiger partial charge in [-0.1, -0.05) is 0 Å². The second-order valence-corrected chi connectivity index (χ2v) is 3.27. The Labute approximate surface area is 84.6 Å². The average Bonchev–Trinajstić information content (AvgIpc) is 2.29. The summed E-state index contributed by atoms with van der Waals surface area (Å²) in [6.07, 6.45) is 4.97. The fourth-order valence-electron chi connectivity index (χ4n) is 1.67. The highest BCUT2D eigenvalue weighted by molar-refractivity contribution is 6.00. The molecule has 0 aliphatic rings. The monoisotopic (exact) mass is 197 g/mol. The fourth-order valence-corrected chi connectivity index (χ4v) is 1.67. The average molecular weight is 197 g/mol. The number of aromatic nitrogens is 3. The van der Waals surface area contributed by atoms with Gasteiger partial charge in [0.1, 0.15) is 0 Å². The predicted molar refractivity (Wildman–Crippen MR) is 57.7 cm³/mol. The van der Waals surface area contributed by atoms with Crippen molar-refractivity contribution in [3.05, 3.63) is 47.0 Å². The summed E-state index contributed by atoms with van der Waals surface area (Å²) in [7, 11) is 0. The number of aromatic amines is 1. The van der Waals surface area contributed by atoms with Crippen LogP contribution in [-0.4, -0.2) is 15.0 Å². The normalized spacial score (nSPS) is 10.9. The van der Waals surface area contributed by atoms with Gasteiger partial charge in [0.05, 0.1) is 10.9 Å². The van der Waals surface area contributed by atoms with Crippen LogP contribution in [0.15, 0.2) is 41.6 Å². The molecule has 3 rings (SSSR count). The van der Waals surface area contributed by atoms with Crippen molar-refractivity contribution in [2.24, 2.45) is 0 Å². The topological polar surface area (TPSA) is 58.6 Å². The van der Waals surface area contributed by atoms with Gasteiger partial charge in [0.2, 0.25) is 0 Å². The molecule has 1 N–H and O–H groups in total. The van der Waals surface area contributed by atoms with Gasteiger partial charge < -0.3 is 4.98 Å². The standard InChI is InChI=1S/C11H7N3O/c15-8-3-5-13-11-9(8)10-7(6-14-11)2-1-4-12-10/h1-6,12H. The van der Waals surface area contributed by atoms with Gasteiger partial charge in [-0.15, -0.1) is 0 Å². The maximum Gasteiger partial charge on any atom is 0.193 e. The second kappa shape index (κ2) is 2.88.